The highest BCUT2D eigenvalue weighted by molar-refractivity contribution is 5.05. The zero-order valence-corrected chi connectivity index (χ0v) is 4.76. The number of nitrogens with two attached hydrogens (primary N) is 2. The smallest absolute Gasteiger partial charge is 0.581 e. The maximum atomic E-state index is 10.4. The van der Waals surface area contributed by atoms with E-state index in [1.807, 2.05) is 0 Å². The molecule has 0 atom stereocenters. The lowest BCUT2D eigenvalue weighted by atomic mass is 11.0. The molecular formula is C2H4N6O2. The number of hydrogen-bond donors (Lipinski definition) is 2. The highest BCUT2D eigenvalue weighted by Gasteiger charge is 2.12. The molecule has 8 nitrogen and oxygen atoms in total. The van der Waals surface area contributed by atoms with E-state index in [1.165, 1.54) is 0 Å². The number of rotatable bonds is 0. The summed E-state index contributed by atoms with van der Waals surface area (Å²) >= 11 is 0. The number of aromatic nitrogens is 4. The van der Waals surface area contributed by atoms with E-state index in [2.05, 4.69) is 10.2 Å². The summed E-state index contributed by atoms with van der Waals surface area (Å²) in [6.07, 6.45) is 0. The summed E-state index contributed by atoms with van der Waals surface area (Å²) in [4.78, 5) is -0.204. The molecule has 4 N–H and O–H groups in total. The summed E-state index contributed by atoms with van der Waals surface area (Å²) in [5, 5.41) is 26.8. The molecule has 0 saturated heterocycles. The van der Waals surface area contributed by atoms with E-state index < -0.39 is 11.9 Å². The molecule has 8 heteroatoms. The van der Waals surface area contributed by atoms with Crippen molar-refractivity contribution in [3.63, 3.8) is 0 Å². The fourth-order valence-electron chi connectivity index (χ4n) is 0.382. The van der Waals surface area contributed by atoms with Crippen molar-refractivity contribution in [2.75, 3.05) is 11.5 Å². The Morgan fingerprint density at radius 1 is 1.10 bits per heavy atom. The fourth-order valence-corrected chi connectivity index (χ4v) is 0.382. The van der Waals surface area contributed by atoms with Gasteiger partial charge in [-0.3, -0.25) is 0 Å². The second-order valence-corrected chi connectivity index (χ2v) is 1.46. The van der Waals surface area contributed by atoms with Gasteiger partial charge in [0, 0.05) is 10.2 Å². The molecule has 1 aromatic rings. The number of anilines is 2. The third-order valence-corrected chi connectivity index (χ3v) is 0.779. The van der Waals surface area contributed by atoms with E-state index in [1.54, 1.807) is 0 Å². The topological polar surface area (TPSA) is 132 Å². The van der Waals surface area contributed by atoms with Crippen molar-refractivity contribution in [3.05, 3.63) is 10.4 Å². The van der Waals surface area contributed by atoms with Crippen LogP contribution in [0.2, 0.25) is 0 Å². The lowest BCUT2D eigenvalue weighted by Gasteiger charge is -1.99. The van der Waals surface area contributed by atoms with E-state index in [-0.39, 0.29) is 9.69 Å². The molecule has 0 spiro atoms. The molecule has 0 saturated carbocycles. The fraction of sp³-hybridized carbons (Fsp3) is 0. The third-order valence-electron chi connectivity index (χ3n) is 0.779. The first-order valence-electron chi connectivity index (χ1n) is 2.24. The Morgan fingerprint density at radius 2 is 1.50 bits per heavy atom. The normalized spacial score (nSPS) is 9.60. The Balaban J connectivity index is 3.31. The summed E-state index contributed by atoms with van der Waals surface area (Å²) in [5.41, 5.74) is 9.78. The van der Waals surface area contributed by atoms with E-state index in [9.17, 15) is 10.4 Å². The van der Waals surface area contributed by atoms with Crippen molar-refractivity contribution >= 4 is 11.9 Å². The van der Waals surface area contributed by atoms with Crippen LogP contribution in [0.4, 0.5) is 11.9 Å². The molecular weight excluding hydrogens is 140 g/mol. The van der Waals surface area contributed by atoms with Gasteiger partial charge in [0.2, 0.25) is 0 Å². The molecule has 54 valence electrons. The van der Waals surface area contributed by atoms with Crippen LogP contribution in [-0.4, -0.2) is 10.2 Å². The molecule has 0 radical (unpaired) electrons. The molecule has 0 aliphatic carbocycles. The van der Waals surface area contributed by atoms with E-state index in [0.29, 0.717) is 0 Å². The van der Waals surface area contributed by atoms with Crippen LogP contribution in [0, 0.1) is 10.4 Å². The molecule has 1 rings (SSSR count). The van der Waals surface area contributed by atoms with Crippen LogP contribution in [0.25, 0.3) is 0 Å². The minimum atomic E-state index is -0.658. The second kappa shape index (κ2) is 1.83. The van der Waals surface area contributed by atoms with Gasteiger partial charge in [0.25, 0.3) is 0 Å². The summed E-state index contributed by atoms with van der Waals surface area (Å²) in [7, 11) is 0. The van der Waals surface area contributed by atoms with Crippen molar-refractivity contribution < 1.29 is 9.69 Å². The van der Waals surface area contributed by atoms with Crippen LogP contribution < -0.4 is 21.2 Å². The van der Waals surface area contributed by atoms with E-state index in [4.69, 9.17) is 11.5 Å². The molecule has 0 unspecified atom stereocenters. The first kappa shape index (κ1) is 6.26. The van der Waals surface area contributed by atoms with E-state index >= 15 is 0 Å². The summed E-state index contributed by atoms with van der Waals surface area (Å²) < 4.78 is 0. The lowest BCUT2D eigenvalue weighted by Crippen LogP contribution is -2.51. The van der Waals surface area contributed by atoms with Gasteiger partial charge < -0.3 is 16.1 Å². The van der Waals surface area contributed by atoms with Gasteiger partial charge in [-0.2, -0.15) is 0 Å². The average molecular weight is 144 g/mol. The average Bonchev–Trinajstić information content (AvgIpc) is 1.82. The predicted octanol–water partition coefficient (Wildman–Crippen LogP) is -3.09. The minimum absolute atomic E-state index is 0.102. The summed E-state index contributed by atoms with van der Waals surface area (Å²) in [6, 6.07) is 0. The maximum absolute atomic E-state index is 10.4. The second-order valence-electron chi connectivity index (χ2n) is 1.46. The highest BCUT2D eigenvalue weighted by Crippen LogP contribution is 1.78. The molecule has 0 fully saturated rings. The van der Waals surface area contributed by atoms with Crippen molar-refractivity contribution in [2.45, 2.75) is 0 Å². The summed E-state index contributed by atoms with van der Waals surface area (Å²) in [6.45, 7) is 0. The molecule has 0 aromatic carbocycles. The Kier molecular flexibility index (Phi) is 1.14. The largest absolute Gasteiger partial charge is 0.654 e. The van der Waals surface area contributed by atoms with Crippen molar-refractivity contribution in [1.82, 2.24) is 10.2 Å². The quantitative estimate of drug-likeness (QED) is 0.293. The van der Waals surface area contributed by atoms with Gasteiger partial charge in [-0.25, -0.2) is 5.73 Å². The van der Waals surface area contributed by atoms with Gasteiger partial charge in [-0.1, -0.05) is 0 Å². The summed E-state index contributed by atoms with van der Waals surface area (Å²) in [5.74, 6) is -1.08. The van der Waals surface area contributed by atoms with Crippen LogP contribution >= 0.6 is 0 Å². The SMILES string of the molecule is Nc1n[n+]([O-])c(N)[n+]([O-])n1. The van der Waals surface area contributed by atoms with Crippen LogP contribution in [0.15, 0.2) is 0 Å². The van der Waals surface area contributed by atoms with Crippen LogP contribution in [0.3, 0.4) is 0 Å². The van der Waals surface area contributed by atoms with Crippen molar-refractivity contribution in [1.29, 1.82) is 0 Å². The van der Waals surface area contributed by atoms with Gasteiger partial charge in [0.05, 0.1) is 0 Å². The monoisotopic (exact) mass is 144 g/mol. The minimum Gasteiger partial charge on any atom is -0.654 e. The predicted molar refractivity (Wildman–Crippen MR) is 28.8 cm³/mol. The Morgan fingerprint density at radius 3 is 1.90 bits per heavy atom. The molecule has 1 heterocycles. The van der Waals surface area contributed by atoms with Crippen LogP contribution in [-0.2, 0) is 0 Å². The van der Waals surface area contributed by atoms with Gasteiger partial charge in [0.15, 0.2) is 0 Å². The van der Waals surface area contributed by atoms with Gasteiger partial charge in [-0.05, 0) is 9.69 Å². The molecule has 0 amide bonds. The van der Waals surface area contributed by atoms with Crippen molar-refractivity contribution in [3.8, 4) is 0 Å². The molecule has 0 aliphatic rings. The van der Waals surface area contributed by atoms with E-state index in [0.717, 1.165) is 0 Å². The van der Waals surface area contributed by atoms with Gasteiger partial charge in [-0.15, -0.1) is 0 Å². The molecule has 1 aromatic heterocycles. The standard InChI is InChI=1S/C2H4N6O2/c3-1-5-7(9)2(4)8(10)6-1/h4H2,(H2,3,5,6). The first-order valence-corrected chi connectivity index (χ1v) is 2.24. The van der Waals surface area contributed by atoms with Crippen LogP contribution in [0.5, 0.6) is 0 Å². The zero-order valence-electron chi connectivity index (χ0n) is 4.76. The van der Waals surface area contributed by atoms with Crippen LogP contribution in [0.1, 0.15) is 0 Å². The highest BCUT2D eigenvalue weighted by atomic mass is 16.5. The number of nitrogen functional groups attached to an aromatic ring is 2. The Labute approximate surface area is 54.8 Å². The molecule has 0 aliphatic heterocycles. The Hall–Kier alpha value is -1.86. The van der Waals surface area contributed by atoms with Crippen molar-refractivity contribution in [2.24, 2.45) is 0 Å². The third kappa shape index (κ3) is 0.811. The first-order chi connectivity index (χ1) is 4.61. The number of nitrogens with zero attached hydrogens (tertiary/aromatic N) is 4. The molecule has 0 bridgehead atoms. The van der Waals surface area contributed by atoms with Gasteiger partial charge in [0.1, 0.15) is 0 Å². The molecule has 10 heavy (non-hydrogen) atoms. The van der Waals surface area contributed by atoms with Gasteiger partial charge >= 0.3 is 11.9 Å². The lowest BCUT2D eigenvalue weighted by molar-refractivity contribution is -0.780. The number of hydrogen-bond acceptors (Lipinski definition) is 6. The maximum Gasteiger partial charge on any atom is 0.581 e. The zero-order chi connectivity index (χ0) is 7.72. The Bertz CT molecular complexity index is 237.